The molecule has 2 nitrogen and oxygen atoms in total. The molecule has 0 amide bonds. The Balaban J connectivity index is 2.22. The van der Waals surface area contributed by atoms with E-state index < -0.39 is 0 Å². The average molecular weight is 233 g/mol. The van der Waals surface area contributed by atoms with Crippen LogP contribution >= 0.6 is 0 Å². The second-order valence-corrected chi connectivity index (χ2v) is 5.48. The molecule has 17 heavy (non-hydrogen) atoms. The van der Waals surface area contributed by atoms with E-state index in [1.165, 1.54) is 17.7 Å². The van der Waals surface area contributed by atoms with Crippen molar-refractivity contribution in [3.8, 4) is 0 Å². The summed E-state index contributed by atoms with van der Waals surface area (Å²) in [6, 6.07) is 6.39. The van der Waals surface area contributed by atoms with Gasteiger partial charge < -0.3 is 10.0 Å². The molecule has 1 heterocycles. The zero-order valence-electron chi connectivity index (χ0n) is 11.1. The maximum Gasteiger partial charge on any atom is 0.0702 e. The molecular formula is C15H23NO. The molecule has 2 rings (SSSR count). The van der Waals surface area contributed by atoms with E-state index in [0.29, 0.717) is 0 Å². The number of aryl methyl sites for hydroxylation is 1. The average Bonchev–Trinajstić information content (AvgIpc) is 2.32. The number of piperidine rings is 1. The van der Waals surface area contributed by atoms with Crippen LogP contribution < -0.4 is 4.90 Å². The molecule has 1 N–H and O–H groups in total. The third kappa shape index (κ3) is 2.63. The molecule has 2 heteroatoms. The van der Waals surface area contributed by atoms with E-state index in [2.05, 4.69) is 43.9 Å². The summed E-state index contributed by atoms with van der Waals surface area (Å²) in [6.07, 6.45) is 1.25. The van der Waals surface area contributed by atoms with E-state index in [4.69, 9.17) is 0 Å². The van der Waals surface area contributed by atoms with Gasteiger partial charge in [-0.3, -0.25) is 0 Å². The van der Waals surface area contributed by atoms with Gasteiger partial charge in [-0.15, -0.1) is 0 Å². The van der Waals surface area contributed by atoms with E-state index in [1.807, 2.05) is 0 Å². The maximum atomic E-state index is 9.46. The lowest BCUT2D eigenvalue weighted by Gasteiger charge is -2.37. The summed E-state index contributed by atoms with van der Waals surface area (Å²) >= 11 is 0. The number of hydrogen-bond acceptors (Lipinski definition) is 2. The van der Waals surface area contributed by atoms with Crippen molar-refractivity contribution in [3.63, 3.8) is 0 Å². The standard InChI is InChI=1S/C15H23NO/c1-11-4-5-15(14(8-11)10-17)16-7-6-12(2)13(3)9-16/h4-5,8,12-13,17H,6-7,9-10H2,1-3H3. The minimum absolute atomic E-state index is 0.136. The Kier molecular flexibility index (Phi) is 3.72. The molecule has 2 unspecified atom stereocenters. The van der Waals surface area contributed by atoms with Crippen molar-refractivity contribution in [2.24, 2.45) is 11.8 Å². The van der Waals surface area contributed by atoms with Crippen LogP contribution in [0.1, 0.15) is 31.4 Å². The van der Waals surface area contributed by atoms with Crippen molar-refractivity contribution in [2.75, 3.05) is 18.0 Å². The van der Waals surface area contributed by atoms with Crippen LogP contribution in [0.3, 0.4) is 0 Å². The summed E-state index contributed by atoms with van der Waals surface area (Å²) in [5.41, 5.74) is 3.50. The molecule has 1 fully saturated rings. The van der Waals surface area contributed by atoms with Crippen LogP contribution in [0.2, 0.25) is 0 Å². The third-order valence-electron chi connectivity index (χ3n) is 4.08. The van der Waals surface area contributed by atoms with Gasteiger partial charge in [0.05, 0.1) is 6.61 Å². The number of rotatable bonds is 2. The second kappa shape index (κ2) is 5.09. The van der Waals surface area contributed by atoms with E-state index in [0.717, 1.165) is 30.5 Å². The summed E-state index contributed by atoms with van der Waals surface area (Å²) < 4.78 is 0. The van der Waals surface area contributed by atoms with E-state index in [-0.39, 0.29) is 6.61 Å². The highest BCUT2D eigenvalue weighted by molar-refractivity contribution is 5.55. The Morgan fingerprint density at radius 2 is 2.06 bits per heavy atom. The van der Waals surface area contributed by atoms with Crippen LogP contribution in [0.5, 0.6) is 0 Å². The Morgan fingerprint density at radius 3 is 2.71 bits per heavy atom. The first-order valence-electron chi connectivity index (χ1n) is 6.57. The van der Waals surface area contributed by atoms with Crippen molar-refractivity contribution >= 4 is 5.69 Å². The molecule has 1 saturated heterocycles. The van der Waals surface area contributed by atoms with Crippen LogP contribution in [0.25, 0.3) is 0 Å². The van der Waals surface area contributed by atoms with Crippen LogP contribution in [0.4, 0.5) is 5.69 Å². The summed E-state index contributed by atoms with van der Waals surface area (Å²) in [4.78, 5) is 2.43. The van der Waals surface area contributed by atoms with Crippen molar-refractivity contribution in [2.45, 2.75) is 33.8 Å². The molecule has 0 aromatic heterocycles. The maximum absolute atomic E-state index is 9.46. The number of benzene rings is 1. The summed E-state index contributed by atoms with van der Waals surface area (Å²) in [5, 5.41) is 9.46. The van der Waals surface area contributed by atoms with Gasteiger partial charge in [0.1, 0.15) is 0 Å². The van der Waals surface area contributed by atoms with Gasteiger partial charge in [0, 0.05) is 24.3 Å². The van der Waals surface area contributed by atoms with Gasteiger partial charge in [0.2, 0.25) is 0 Å². The zero-order chi connectivity index (χ0) is 12.4. The fraction of sp³-hybridized carbons (Fsp3) is 0.600. The summed E-state index contributed by atoms with van der Waals surface area (Å²) in [6.45, 7) is 9.09. The van der Waals surface area contributed by atoms with Gasteiger partial charge >= 0.3 is 0 Å². The monoisotopic (exact) mass is 233 g/mol. The predicted octanol–water partition coefficient (Wildman–Crippen LogP) is 2.97. The van der Waals surface area contributed by atoms with Crippen LogP contribution in [0, 0.1) is 18.8 Å². The quantitative estimate of drug-likeness (QED) is 0.849. The molecule has 1 aromatic rings. The number of hydrogen-bond donors (Lipinski definition) is 1. The predicted molar refractivity (Wildman–Crippen MR) is 72.3 cm³/mol. The van der Waals surface area contributed by atoms with Gasteiger partial charge in [0.15, 0.2) is 0 Å². The molecule has 1 aromatic carbocycles. The van der Waals surface area contributed by atoms with Crippen molar-refractivity contribution in [3.05, 3.63) is 29.3 Å². The molecule has 2 atom stereocenters. The van der Waals surface area contributed by atoms with E-state index in [9.17, 15) is 5.11 Å². The molecule has 0 aliphatic carbocycles. The highest BCUT2D eigenvalue weighted by atomic mass is 16.3. The molecule has 0 spiro atoms. The lowest BCUT2D eigenvalue weighted by atomic mass is 9.88. The Labute approximate surface area is 104 Å². The largest absolute Gasteiger partial charge is 0.392 e. The summed E-state index contributed by atoms with van der Waals surface area (Å²) in [5.74, 6) is 1.55. The SMILES string of the molecule is Cc1ccc(N2CCC(C)C(C)C2)c(CO)c1. The topological polar surface area (TPSA) is 23.5 Å². The Morgan fingerprint density at radius 1 is 1.29 bits per heavy atom. The van der Waals surface area contributed by atoms with Crippen LogP contribution in [-0.4, -0.2) is 18.2 Å². The van der Waals surface area contributed by atoms with Gasteiger partial charge in [-0.1, -0.05) is 31.5 Å². The normalized spacial score (nSPS) is 25.1. The van der Waals surface area contributed by atoms with Gasteiger partial charge in [-0.05, 0) is 31.2 Å². The smallest absolute Gasteiger partial charge is 0.0702 e. The highest BCUT2D eigenvalue weighted by Gasteiger charge is 2.23. The first kappa shape index (κ1) is 12.4. The van der Waals surface area contributed by atoms with E-state index >= 15 is 0 Å². The van der Waals surface area contributed by atoms with Gasteiger partial charge in [-0.25, -0.2) is 0 Å². The third-order valence-corrected chi connectivity index (χ3v) is 4.08. The molecule has 94 valence electrons. The molecule has 1 aliphatic rings. The van der Waals surface area contributed by atoms with E-state index in [1.54, 1.807) is 0 Å². The zero-order valence-corrected chi connectivity index (χ0v) is 11.1. The Hall–Kier alpha value is -1.02. The molecular weight excluding hydrogens is 210 g/mol. The Bertz CT molecular complexity index is 389. The number of aliphatic hydroxyl groups excluding tert-OH is 1. The summed E-state index contributed by atoms with van der Waals surface area (Å²) in [7, 11) is 0. The van der Waals surface area contributed by atoms with Crippen LogP contribution in [-0.2, 0) is 6.61 Å². The second-order valence-electron chi connectivity index (χ2n) is 5.48. The van der Waals surface area contributed by atoms with Crippen molar-refractivity contribution in [1.29, 1.82) is 0 Å². The highest BCUT2D eigenvalue weighted by Crippen LogP contribution is 2.29. The minimum atomic E-state index is 0.136. The molecule has 0 radical (unpaired) electrons. The lowest BCUT2D eigenvalue weighted by molar-refractivity contribution is 0.280. The van der Waals surface area contributed by atoms with Gasteiger partial charge in [0.25, 0.3) is 0 Å². The number of nitrogens with zero attached hydrogens (tertiary/aromatic N) is 1. The van der Waals surface area contributed by atoms with Crippen molar-refractivity contribution in [1.82, 2.24) is 0 Å². The van der Waals surface area contributed by atoms with Crippen molar-refractivity contribution < 1.29 is 5.11 Å². The number of anilines is 1. The molecule has 1 aliphatic heterocycles. The fourth-order valence-electron chi connectivity index (χ4n) is 2.63. The van der Waals surface area contributed by atoms with Crippen LogP contribution in [0.15, 0.2) is 18.2 Å². The first-order chi connectivity index (χ1) is 8.11. The lowest BCUT2D eigenvalue weighted by Crippen LogP contribution is -2.38. The van der Waals surface area contributed by atoms with Gasteiger partial charge in [-0.2, -0.15) is 0 Å². The minimum Gasteiger partial charge on any atom is -0.392 e. The fourth-order valence-corrected chi connectivity index (χ4v) is 2.63. The molecule has 0 saturated carbocycles. The molecule has 0 bridgehead atoms. The number of aliphatic hydroxyl groups is 1. The first-order valence-corrected chi connectivity index (χ1v) is 6.57.